The van der Waals surface area contributed by atoms with Crippen LogP contribution in [0.3, 0.4) is 0 Å². The number of aliphatic carboxylic acids is 1. The van der Waals surface area contributed by atoms with Gasteiger partial charge in [0.1, 0.15) is 6.04 Å². The third-order valence-corrected chi connectivity index (χ3v) is 7.21. The van der Waals surface area contributed by atoms with Crippen LogP contribution in [0.1, 0.15) is 37.7 Å². The summed E-state index contributed by atoms with van der Waals surface area (Å²) in [6, 6.07) is 8.20. The quantitative estimate of drug-likeness (QED) is 0.820. The van der Waals surface area contributed by atoms with Crippen LogP contribution in [0.4, 0.5) is 0 Å². The molecular formula is C19H26N2O5S. The van der Waals surface area contributed by atoms with Crippen LogP contribution in [0, 0.1) is 5.92 Å². The summed E-state index contributed by atoms with van der Waals surface area (Å²) in [5.41, 5.74) is 0.716. The van der Waals surface area contributed by atoms with Crippen LogP contribution in [0.5, 0.6) is 0 Å². The number of piperidine rings is 2. The maximum absolute atomic E-state index is 12.9. The van der Waals surface area contributed by atoms with Crippen molar-refractivity contribution in [2.75, 3.05) is 19.6 Å². The molecule has 2 fully saturated rings. The molecule has 27 heavy (non-hydrogen) atoms. The third kappa shape index (κ3) is 4.68. The molecule has 0 aliphatic carbocycles. The monoisotopic (exact) mass is 394 g/mol. The topological polar surface area (TPSA) is 95.0 Å². The predicted molar refractivity (Wildman–Crippen MR) is 100 cm³/mol. The standard InChI is InChI=1S/C19H26N2O5S/c22-18(21-12-5-4-10-17(21)19(23)24)16-9-6-11-20(13-16)27(25,26)14-15-7-2-1-3-8-15/h1-3,7-8,16-17H,4-6,9-14H2,(H,23,24)/t16?,17-/m1/s1. The molecule has 3 rings (SSSR count). The van der Waals surface area contributed by atoms with Crippen molar-refractivity contribution in [3.8, 4) is 0 Å². The first-order valence-electron chi connectivity index (χ1n) is 9.43. The lowest BCUT2D eigenvalue weighted by atomic mass is 9.94. The Labute approximate surface area is 160 Å². The van der Waals surface area contributed by atoms with E-state index in [9.17, 15) is 23.1 Å². The summed E-state index contributed by atoms with van der Waals surface area (Å²) in [7, 11) is -3.52. The van der Waals surface area contributed by atoms with Gasteiger partial charge in [0.05, 0.1) is 11.7 Å². The Morgan fingerprint density at radius 3 is 2.48 bits per heavy atom. The van der Waals surface area contributed by atoms with E-state index in [1.165, 1.54) is 9.21 Å². The summed E-state index contributed by atoms with van der Waals surface area (Å²) in [4.78, 5) is 25.9. The summed E-state index contributed by atoms with van der Waals surface area (Å²) >= 11 is 0. The zero-order valence-electron chi connectivity index (χ0n) is 15.3. The van der Waals surface area contributed by atoms with E-state index in [1.807, 2.05) is 6.07 Å². The summed E-state index contributed by atoms with van der Waals surface area (Å²) in [6.07, 6.45) is 3.25. The largest absolute Gasteiger partial charge is 0.480 e. The average molecular weight is 394 g/mol. The van der Waals surface area contributed by atoms with Crippen molar-refractivity contribution in [1.29, 1.82) is 0 Å². The van der Waals surface area contributed by atoms with Gasteiger partial charge in [-0.3, -0.25) is 4.79 Å². The van der Waals surface area contributed by atoms with E-state index in [0.29, 0.717) is 37.9 Å². The number of nitrogens with zero attached hydrogens (tertiary/aromatic N) is 2. The molecule has 2 saturated heterocycles. The van der Waals surface area contributed by atoms with Gasteiger partial charge < -0.3 is 10.0 Å². The molecule has 1 aromatic carbocycles. The summed E-state index contributed by atoms with van der Waals surface area (Å²) < 4.78 is 27.0. The molecule has 0 spiro atoms. The second-order valence-electron chi connectivity index (χ2n) is 7.32. The van der Waals surface area contributed by atoms with Gasteiger partial charge in [0.2, 0.25) is 15.9 Å². The minimum Gasteiger partial charge on any atom is -0.480 e. The highest BCUT2D eigenvalue weighted by molar-refractivity contribution is 7.88. The Morgan fingerprint density at radius 1 is 1.04 bits per heavy atom. The van der Waals surface area contributed by atoms with Gasteiger partial charge in [-0.15, -0.1) is 0 Å². The Balaban J connectivity index is 1.69. The van der Waals surface area contributed by atoms with Gasteiger partial charge in [0, 0.05) is 19.6 Å². The van der Waals surface area contributed by atoms with Crippen molar-refractivity contribution in [2.24, 2.45) is 5.92 Å². The molecule has 0 aromatic heterocycles. The third-order valence-electron chi connectivity index (χ3n) is 5.39. The van der Waals surface area contributed by atoms with Gasteiger partial charge in [-0.2, -0.15) is 0 Å². The van der Waals surface area contributed by atoms with Crippen molar-refractivity contribution >= 4 is 21.9 Å². The molecule has 2 heterocycles. The van der Waals surface area contributed by atoms with E-state index in [2.05, 4.69) is 0 Å². The second kappa shape index (κ2) is 8.39. The molecule has 1 unspecified atom stereocenters. The number of benzene rings is 1. The highest BCUT2D eigenvalue weighted by Gasteiger charge is 2.38. The summed E-state index contributed by atoms with van der Waals surface area (Å²) in [5.74, 6) is -1.76. The first-order chi connectivity index (χ1) is 12.9. The van der Waals surface area contributed by atoms with Crippen molar-refractivity contribution < 1.29 is 23.1 Å². The van der Waals surface area contributed by atoms with Gasteiger partial charge in [-0.05, 0) is 37.7 Å². The van der Waals surface area contributed by atoms with Gasteiger partial charge in [0.25, 0.3) is 0 Å². The fourth-order valence-electron chi connectivity index (χ4n) is 3.96. The van der Waals surface area contributed by atoms with Crippen molar-refractivity contribution in [3.05, 3.63) is 35.9 Å². The maximum Gasteiger partial charge on any atom is 0.326 e. The molecule has 7 nitrogen and oxygen atoms in total. The zero-order valence-corrected chi connectivity index (χ0v) is 16.1. The second-order valence-corrected chi connectivity index (χ2v) is 9.29. The summed E-state index contributed by atoms with van der Waals surface area (Å²) in [5, 5.41) is 9.40. The lowest BCUT2D eigenvalue weighted by Gasteiger charge is -2.38. The van der Waals surface area contributed by atoms with Crippen LogP contribution in [0.15, 0.2) is 30.3 Å². The molecule has 2 aliphatic rings. The van der Waals surface area contributed by atoms with E-state index >= 15 is 0 Å². The molecule has 2 atom stereocenters. The van der Waals surface area contributed by atoms with E-state index in [-0.39, 0.29) is 18.2 Å². The minimum atomic E-state index is -3.52. The van der Waals surface area contributed by atoms with Gasteiger partial charge in [0.15, 0.2) is 0 Å². The smallest absolute Gasteiger partial charge is 0.326 e. The van der Waals surface area contributed by atoms with Crippen LogP contribution in [0.2, 0.25) is 0 Å². The molecule has 0 saturated carbocycles. The SMILES string of the molecule is O=C(O)[C@H]1CCCCN1C(=O)C1CCCN(S(=O)(=O)Cc2ccccc2)C1. The van der Waals surface area contributed by atoms with Crippen LogP contribution in [-0.2, 0) is 25.4 Å². The van der Waals surface area contributed by atoms with E-state index in [4.69, 9.17) is 0 Å². The van der Waals surface area contributed by atoms with Crippen molar-refractivity contribution in [2.45, 2.75) is 43.9 Å². The lowest BCUT2D eigenvalue weighted by molar-refractivity contribution is -0.154. The number of carboxylic acids is 1. The molecule has 8 heteroatoms. The number of rotatable bonds is 5. The zero-order chi connectivity index (χ0) is 19.4. The van der Waals surface area contributed by atoms with Crippen LogP contribution in [0.25, 0.3) is 0 Å². The molecule has 0 bridgehead atoms. The highest BCUT2D eigenvalue weighted by Crippen LogP contribution is 2.26. The van der Waals surface area contributed by atoms with Crippen molar-refractivity contribution in [1.82, 2.24) is 9.21 Å². The Bertz CT molecular complexity index is 781. The number of carbonyl (C=O) groups excluding carboxylic acids is 1. The highest BCUT2D eigenvalue weighted by atomic mass is 32.2. The first-order valence-corrected chi connectivity index (χ1v) is 11.0. The number of amides is 1. The fourth-order valence-corrected chi connectivity index (χ4v) is 5.57. The van der Waals surface area contributed by atoms with Crippen LogP contribution in [-0.4, -0.2) is 60.3 Å². The van der Waals surface area contributed by atoms with Crippen molar-refractivity contribution in [3.63, 3.8) is 0 Å². The molecule has 1 aromatic rings. The number of carbonyl (C=O) groups is 2. The first kappa shape index (κ1) is 19.8. The van der Waals surface area contributed by atoms with Gasteiger partial charge in [-0.1, -0.05) is 30.3 Å². The summed E-state index contributed by atoms with van der Waals surface area (Å²) in [6.45, 7) is 0.973. The van der Waals surface area contributed by atoms with Crippen LogP contribution >= 0.6 is 0 Å². The Morgan fingerprint density at radius 2 is 1.78 bits per heavy atom. The minimum absolute atomic E-state index is 0.0871. The number of sulfonamides is 1. The van der Waals surface area contributed by atoms with E-state index in [0.717, 1.165) is 12.8 Å². The van der Waals surface area contributed by atoms with E-state index < -0.39 is 28.0 Å². The molecule has 148 valence electrons. The number of hydrogen-bond acceptors (Lipinski definition) is 4. The normalized spacial score (nSPS) is 24.5. The molecule has 1 amide bonds. The number of carboxylic acid groups (broad SMARTS) is 1. The van der Waals surface area contributed by atoms with Crippen LogP contribution < -0.4 is 0 Å². The molecule has 1 N–H and O–H groups in total. The average Bonchev–Trinajstić information content (AvgIpc) is 2.68. The maximum atomic E-state index is 12.9. The van der Waals surface area contributed by atoms with Gasteiger partial charge >= 0.3 is 5.97 Å². The molecule has 2 aliphatic heterocycles. The van der Waals surface area contributed by atoms with E-state index in [1.54, 1.807) is 24.3 Å². The predicted octanol–water partition coefficient (Wildman–Crippen LogP) is 1.69. The Kier molecular flexibility index (Phi) is 6.16. The van der Waals surface area contributed by atoms with Gasteiger partial charge in [-0.25, -0.2) is 17.5 Å². The number of likely N-dealkylation sites (tertiary alicyclic amines) is 1. The molecular weight excluding hydrogens is 368 g/mol. The Hall–Kier alpha value is -1.93. The fraction of sp³-hybridized carbons (Fsp3) is 0.579. The lowest BCUT2D eigenvalue weighted by Crippen LogP contribution is -2.53. The molecule has 0 radical (unpaired) electrons. The number of hydrogen-bond donors (Lipinski definition) is 1.